The Morgan fingerprint density at radius 1 is 1.09 bits per heavy atom. The molecular weight excluding hydrogens is 314 g/mol. The van der Waals surface area contributed by atoms with Crippen LogP contribution in [0, 0.1) is 0 Å². The van der Waals surface area contributed by atoms with Crippen LogP contribution in [-0.4, -0.2) is 25.4 Å². The molecule has 3 N–H and O–H groups in total. The molecule has 0 radical (unpaired) electrons. The molecule has 2 aromatic rings. The van der Waals surface area contributed by atoms with Crippen LogP contribution in [-0.2, 0) is 11.1 Å². The fourth-order valence-corrected chi connectivity index (χ4v) is 2.20. The summed E-state index contributed by atoms with van der Waals surface area (Å²) in [7, 11) is 0. The number of hydrogen-bond donors (Lipinski definition) is 2. The number of rotatable bonds is 3. The summed E-state index contributed by atoms with van der Waals surface area (Å²) in [5.74, 6) is -1.01. The lowest BCUT2D eigenvalue weighted by molar-refractivity contribution is 0.0697. The molecule has 0 saturated carbocycles. The van der Waals surface area contributed by atoms with Crippen LogP contribution >= 0.6 is 0 Å². The van der Waals surface area contributed by atoms with Crippen molar-refractivity contribution in [3.63, 3.8) is 0 Å². The third-order valence-corrected chi connectivity index (χ3v) is 3.22. The first-order valence-corrected chi connectivity index (χ1v) is 7.98. The molecule has 0 aliphatic rings. The molecule has 0 aliphatic heterocycles. The van der Waals surface area contributed by atoms with Gasteiger partial charge in [0.25, 0.3) is 0 Å². The van der Waals surface area contributed by atoms with E-state index in [1.54, 1.807) is 30.3 Å². The molecule has 0 aromatic heterocycles. The first-order valence-electron chi connectivity index (χ1n) is 6.90. The third kappa shape index (κ3) is 6.73. The lowest BCUT2D eigenvalue weighted by Crippen LogP contribution is -2.26. The van der Waals surface area contributed by atoms with Gasteiger partial charge in [0, 0.05) is 10.4 Å². The molecular formula is C17H20NO4S-. The molecule has 0 bridgehead atoms. The monoisotopic (exact) mass is 334 g/mol. The Balaban J connectivity index is 0.000000463. The smallest absolute Gasteiger partial charge is 0.335 e. The van der Waals surface area contributed by atoms with Gasteiger partial charge in [-0.25, -0.2) is 4.79 Å². The Labute approximate surface area is 138 Å². The Bertz CT molecular complexity index is 684. The molecule has 0 aliphatic carbocycles. The average molecular weight is 334 g/mol. The van der Waals surface area contributed by atoms with Crippen LogP contribution in [0.4, 0.5) is 0 Å². The second-order valence-electron chi connectivity index (χ2n) is 5.98. The van der Waals surface area contributed by atoms with E-state index in [0.29, 0.717) is 11.1 Å². The van der Waals surface area contributed by atoms with Crippen LogP contribution < -0.4 is 5.73 Å². The summed E-state index contributed by atoms with van der Waals surface area (Å²) < 4.78 is 22.2. The number of carboxylic acids is 1. The fourth-order valence-electron chi connectivity index (χ4n) is 1.64. The first kappa shape index (κ1) is 19.0. The van der Waals surface area contributed by atoms with Gasteiger partial charge < -0.3 is 15.4 Å². The van der Waals surface area contributed by atoms with Crippen LogP contribution in [0.15, 0.2) is 53.4 Å². The molecule has 0 saturated heterocycles. The zero-order valence-corrected chi connectivity index (χ0v) is 14.1. The fraction of sp³-hybridized carbons (Fsp3) is 0.235. The maximum absolute atomic E-state index is 11.1. The van der Waals surface area contributed by atoms with Crippen molar-refractivity contribution in [2.75, 3.05) is 0 Å². The number of nitrogens with two attached hydrogens (primary N) is 1. The van der Waals surface area contributed by atoms with Crippen molar-refractivity contribution >= 4 is 17.0 Å². The zero-order valence-electron chi connectivity index (χ0n) is 13.3. The number of aromatic carboxylic acids is 1. The van der Waals surface area contributed by atoms with Crippen LogP contribution in [0.1, 0.15) is 31.1 Å². The molecule has 23 heavy (non-hydrogen) atoms. The van der Waals surface area contributed by atoms with Gasteiger partial charge in [0.1, 0.15) is 0 Å². The number of benzene rings is 2. The molecule has 1 atom stereocenters. The lowest BCUT2D eigenvalue weighted by Gasteiger charge is -2.11. The predicted octanol–water partition coefficient (Wildman–Crippen LogP) is 3.03. The highest BCUT2D eigenvalue weighted by molar-refractivity contribution is 7.79. The molecule has 6 heteroatoms. The highest BCUT2D eigenvalue weighted by Gasteiger charge is 2.07. The van der Waals surface area contributed by atoms with E-state index in [1.807, 2.05) is 20.8 Å². The highest BCUT2D eigenvalue weighted by atomic mass is 32.2. The maximum Gasteiger partial charge on any atom is 0.335 e. The second-order valence-corrected chi connectivity index (χ2v) is 6.89. The molecule has 2 aromatic carbocycles. The van der Waals surface area contributed by atoms with Crippen LogP contribution in [0.25, 0.3) is 11.1 Å². The zero-order chi connectivity index (χ0) is 17.6. The lowest BCUT2D eigenvalue weighted by atomic mass is 10.0. The molecule has 1 unspecified atom stereocenters. The van der Waals surface area contributed by atoms with Gasteiger partial charge in [0.05, 0.1) is 5.56 Å². The molecule has 0 heterocycles. The standard InChI is InChI=1S/C13H10O4S.C4H11N/c14-13(15)10-7-5-9(6-8-10)11-3-1-2-4-12(11)18(16)17;1-4(2,3)5/h1-8H,(H,14,15)(H,16,17);5H2,1-3H3/p-1. The molecule has 0 amide bonds. The number of hydrogen-bond acceptors (Lipinski definition) is 4. The van der Waals surface area contributed by atoms with Gasteiger partial charge in [0.15, 0.2) is 0 Å². The Kier molecular flexibility index (Phi) is 6.62. The Morgan fingerprint density at radius 3 is 2.00 bits per heavy atom. The molecule has 0 spiro atoms. The van der Waals surface area contributed by atoms with Crippen LogP contribution in [0.3, 0.4) is 0 Å². The van der Waals surface area contributed by atoms with E-state index >= 15 is 0 Å². The molecule has 124 valence electrons. The molecule has 2 rings (SSSR count). The van der Waals surface area contributed by atoms with Gasteiger partial charge >= 0.3 is 5.97 Å². The van der Waals surface area contributed by atoms with Crippen molar-refractivity contribution in [3.05, 3.63) is 54.1 Å². The van der Waals surface area contributed by atoms with E-state index in [4.69, 9.17) is 10.8 Å². The quantitative estimate of drug-likeness (QED) is 0.840. The summed E-state index contributed by atoms with van der Waals surface area (Å²) in [6.07, 6.45) is 0. The normalized spacial score (nSPS) is 12.0. The van der Waals surface area contributed by atoms with Gasteiger partial charge in [-0.15, -0.1) is 0 Å². The molecule has 0 fully saturated rings. The van der Waals surface area contributed by atoms with Crippen molar-refractivity contribution in [2.45, 2.75) is 31.2 Å². The van der Waals surface area contributed by atoms with E-state index in [2.05, 4.69) is 0 Å². The van der Waals surface area contributed by atoms with Gasteiger partial charge in [-0.2, -0.15) is 0 Å². The van der Waals surface area contributed by atoms with Crippen LogP contribution in [0.2, 0.25) is 0 Å². The summed E-state index contributed by atoms with van der Waals surface area (Å²) in [4.78, 5) is 10.9. The highest BCUT2D eigenvalue weighted by Crippen LogP contribution is 2.25. The van der Waals surface area contributed by atoms with E-state index in [1.165, 1.54) is 18.2 Å². The van der Waals surface area contributed by atoms with Crippen molar-refractivity contribution in [1.29, 1.82) is 0 Å². The molecule has 5 nitrogen and oxygen atoms in total. The summed E-state index contributed by atoms with van der Waals surface area (Å²) in [5, 5.41) is 8.79. The van der Waals surface area contributed by atoms with Crippen molar-refractivity contribution < 1.29 is 18.7 Å². The van der Waals surface area contributed by atoms with Crippen LogP contribution in [0.5, 0.6) is 0 Å². The summed E-state index contributed by atoms with van der Waals surface area (Å²) in [6, 6.07) is 12.6. The Hall–Kier alpha value is -2.02. The summed E-state index contributed by atoms with van der Waals surface area (Å²) >= 11 is -2.32. The van der Waals surface area contributed by atoms with Gasteiger partial charge in [-0.1, -0.05) is 30.3 Å². The third-order valence-electron chi connectivity index (χ3n) is 2.51. The largest absolute Gasteiger partial charge is 0.768 e. The van der Waals surface area contributed by atoms with E-state index in [9.17, 15) is 13.6 Å². The van der Waals surface area contributed by atoms with Gasteiger partial charge in [-0.3, -0.25) is 4.21 Å². The van der Waals surface area contributed by atoms with Crippen molar-refractivity contribution in [1.82, 2.24) is 0 Å². The average Bonchev–Trinajstić information content (AvgIpc) is 2.45. The Morgan fingerprint density at radius 2 is 1.57 bits per heavy atom. The van der Waals surface area contributed by atoms with Crippen molar-refractivity contribution in [3.8, 4) is 11.1 Å². The number of carbonyl (C=O) groups is 1. The topological polar surface area (TPSA) is 103 Å². The SMILES string of the molecule is CC(C)(C)N.O=C(O)c1ccc(-c2ccccc2S(=O)[O-])cc1. The maximum atomic E-state index is 11.1. The first-order chi connectivity index (χ1) is 10.6. The minimum atomic E-state index is -2.32. The predicted molar refractivity (Wildman–Crippen MR) is 90.0 cm³/mol. The number of carboxylic acid groups (broad SMARTS) is 1. The van der Waals surface area contributed by atoms with E-state index in [-0.39, 0.29) is 16.0 Å². The minimum Gasteiger partial charge on any atom is -0.768 e. The van der Waals surface area contributed by atoms with Gasteiger partial charge in [-0.05, 0) is 61.2 Å². The van der Waals surface area contributed by atoms with Gasteiger partial charge in [0.2, 0.25) is 0 Å². The summed E-state index contributed by atoms with van der Waals surface area (Å²) in [6.45, 7) is 5.90. The minimum absolute atomic E-state index is 0. The summed E-state index contributed by atoms with van der Waals surface area (Å²) in [5.41, 5.74) is 6.74. The van der Waals surface area contributed by atoms with E-state index < -0.39 is 17.0 Å². The van der Waals surface area contributed by atoms with E-state index in [0.717, 1.165) is 0 Å². The van der Waals surface area contributed by atoms with Crippen molar-refractivity contribution in [2.24, 2.45) is 5.73 Å². The second kappa shape index (κ2) is 8.01.